The quantitative estimate of drug-likeness (QED) is 0.294. The van der Waals surface area contributed by atoms with Crippen LogP contribution < -0.4 is 0 Å². The van der Waals surface area contributed by atoms with E-state index in [1.54, 1.807) is 30.3 Å². The van der Waals surface area contributed by atoms with Gasteiger partial charge in [-0.15, -0.1) is 47.3 Å². The second-order valence-electron chi connectivity index (χ2n) is 4.27. The zero-order valence-electron chi connectivity index (χ0n) is 12.3. The molecule has 0 atom stereocenters. The van der Waals surface area contributed by atoms with Crippen LogP contribution in [0.1, 0.15) is 5.56 Å². The van der Waals surface area contributed by atoms with Gasteiger partial charge in [0, 0.05) is 11.0 Å². The van der Waals surface area contributed by atoms with Gasteiger partial charge in [0.15, 0.2) is 0 Å². The predicted octanol–water partition coefficient (Wildman–Crippen LogP) is 7.10. The first-order chi connectivity index (χ1) is 11.7. The molecule has 0 radical (unpaired) electrons. The number of halogens is 5. The van der Waals surface area contributed by atoms with Crippen molar-refractivity contribution in [3.8, 4) is 5.75 Å². The fourth-order valence-corrected chi connectivity index (χ4v) is 3.03. The van der Waals surface area contributed by atoms with E-state index < -0.39 is 5.97 Å². The van der Waals surface area contributed by atoms with Crippen molar-refractivity contribution in [1.29, 1.82) is 0 Å². The number of aliphatic carboxylic acids is 1. The molecule has 0 spiro atoms. The molecule has 132 valence electrons. The van der Waals surface area contributed by atoms with Crippen LogP contribution in [0, 0.1) is 0 Å². The van der Waals surface area contributed by atoms with Gasteiger partial charge >= 0.3 is 9.15 Å². The van der Waals surface area contributed by atoms with Crippen molar-refractivity contribution in [2.75, 3.05) is 0 Å². The van der Waals surface area contributed by atoms with E-state index in [4.69, 9.17) is 28.3 Å². The molecular weight excluding hydrogens is 582 g/mol. The van der Waals surface area contributed by atoms with Crippen LogP contribution in [0.2, 0.25) is 10.0 Å². The van der Waals surface area contributed by atoms with Gasteiger partial charge in [-0.2, -0.15) is 0 Å². The number of benzene rings is 2. The minimum Gasteiger partial charge on any atom is -0.507 e. The van der Waals surface area contributed by atoms with Crippen molar-refractivity contribution in [1.82, 2.24) is 0 Å². The smallest absolute Gasteiger partial charge is 0.369 e. The predicted molar refractivity (Wildman–Crippen MR) is 118 cm³/mol. The summed E-state index contributed by atoms with van der Waals surface area (Å²) in [5.74, 6) is -0.903. The molecular formula is C15H10BBr3Cl2O3S. The number of rotatable bonds is 4. The second kappa shape index (κ2) is 11.6. The van der Waals surface area contributed by atoms with Crippen LogP contribution in [-0.4, -0.2) is 19.4 Å². The van der Waals surface area contributed by atoms with Gasteiger partial charge in [-0.1, -0.05) is 53.2 Å². The molecule has 0 unspecified atom stereocenters. The summed E-state index contributed by atoms with van der Waals surface area (Å²) in [5.41, 5.74) is 0.519. The van der Waals surface area contributed by atoms with Crippen LogP contribution >= 0.6 is 82.2 Å². The first kappa shape index (κ1) is 22.9. The molecule has 0 saturated heterocycles. The Balaban J connectivity index is 0.000000705. The number of aromatic hydroxyl groups is 1. The molecule has 0 aliphatic carbocycles. The summed E-state index contributed by atoms with van der Waals surface area (Å²) < 4.78 is 0.271. The Morgan fingerprint density at radius 2 is 1.64 bits per heavy atom. The third kappa shape index (κ3) is 8.41. The fraction of sp³-hybridized carbons (Fsp3) is 0. The van der Waals surface area contributed by atoms with Gasteiger partial charge in [-0.3, -0.25) is 0 Å². The molecule has 10 heteroatoms. The zero-order chi connectivity index (χ0) is 19.0. The minimum absolute atomic E-state index is 0.157. The Morgan fingerprint density at radius 1 is 1.04 bits per heavy atom. The molecule has 0 aliphatic rings. The normalized spacial score (nSPS) is 10.3. The highest BCUT2D eigenvalue weighted by Gasteiger charge is 2.11. The SMILES string of the molecule is BrB(Br)Br.O=C(O)C=Cc1ccc(Sc2ccccc2O)c(Cl)c1Cl. The van der Waals surface area contributed by atoms with Crippen molar-refractivity contribution in [2.24, 2.45) is 0 Å². The number of para-hydroxylation sites is 1. The average Bonchev–Trinajstić information content (AvgIpc) is 2.52. The summed E-state index contributed by atoms with van der Waals surface area (Å²) >= 11 is 22.9. The number of phenols is 1. The summed E-state index contributed by atoms with van der Waals surface area (Å²) in [6.45, 7) is 0. The molecule has 0 amide bonds. The first-order valence-corrected chi connectivity index (χ1v) is 10.8. The third-order valence-electron chi connectivity index (χ3n) is 2.57. The number of phenolic OH excluding ortho intramolecular Hbond substituents is 1. The highest BCUT2D eigenvalue weighted by molar-refractivity contribution is 9.69. The monoisotopic (exact) mass is 588 g/mol. The molecule has 2 rings (SSSR count). The van der Waals surface area contributed by atoms with Gasteiger partial charge in [0.2, 0.25) is 0 Å². The van der Waals surface area contributed by atoms with Crippen LogP contribution in [-0.2, 0) is 4.79 Å². The molecule has 25 heavy (non-hydrogen) atoms. The maximum Gasteiger partial charge on any atom is 0.369 e. The molecule has 2 aromatic rings. The number of carboxylic acids is 1. The van der Waals surface area contributed by atoms with E-state index >= 15 is 0 Å². The van der Waals surface area contributed by atoms with Crippen molar-refractivity contribution in [3.05, 3.63) is 58.1 Å². The minimum atomic E-state index is -1.06. The maximum absolute atomic E-state index is 10.5. The molecule has 2 aromatic carbocycles. The van der Waals surface area contributed by atoms with Crippen LogP contribution in [0.15, 0.2) is 52.3 Å². The molecule has 2 N–H and O–H groups in total. The fourth-order valence-electron chi connectivity index (χ4n) is 1.58. The number of carbonyl (C=O) groups is 1. The van der Waals surface area contributed by atoms with E-state index in [1.807, 2.05) is 6.07 Å². The van der Waals surface area contributed by atoms with Crippen LogP contribution in [0.25, 0.3) is 6.08 Å². The molecule has 0 aromatic heterocycles. The Morgan fingerprint density at radius 3 is 2.20 bits per heavy atom. The summed E-state index contributed by atoms with van der Waals surface area (Å²) in [7, 11) is 0. The van der Waals surface area contributed by atoms with Crippen molar-refractivity contribution in [3.63, 3.8) is 0 Å². The highest BCUT2D eigenvalue weighted by atomic mass is 79.9. The van der Waals surface area contributed by atoms with E-state index in [1.165, 1.54) is 17.8 Å². The standard InChI is InChI=1S/C15H10Cl2O3S.BBr3/c16-14-9(6-8-13(19)20)5-7-12(15(14)17)21-11-4-2-1-3-10(11)18;2-1(3)4/h1-8,18H,(H,19,20);. The van der Waals surface area contributed by atoms with Crippen LogP contribution in [0.5, 0.6) is 5.75 Å². The summed E-state index contributed by atoms with van der Waals surface area (Å²) in [4.78, 5) is 11.9. The molecule has 0 fully saturated rings. The number of hydrogen-bond donors (Lipinski definition) is 2. The zero-order valence-corrected chi connectivity index (χ0v) is 19.4. The van der Waals surface area contributed by atoms with Gasteiger partial charge in [0.25, 0.3) is 0 Å². The molecule has 3 nitrogen and oxygen atoms in total. The van der Waals surface area contributed by atoms with Gasteiger partial charge in [-0.25, -0.2) is 4.79 Å². The summed E-state index contributed by atoms with van der Waals surface area (Å²) in [6.07, 6.45) is 2.37. The molecule has 0 heterocycles. The van der Waals surface area contributed by atoms with E-state index in [9.17, 15) is 9.90 Å². The van der Waals surface area contributed by atoms with Crippen molar-refractivity contribution < 1.29 is 15.0 Å². The lowest BCUT2D eigenvalue weighted by Crippen LogP contribution is -1.87. The molecule has 0 bridgehead atoms. The Labute approximate surface area is 184 Å². The van der Waals surface area contributed by atoms with Crippen LogP contribution in [0.3, 0.4) is 0 Å². The lowest BCUT2D eigenvalue weighted by molar-refractivity contribution is -0.131. The lowest BCUT2D eigenvalue weighted by atomic mass is 10.2. The number of carboxylic acid groups (broad SMARTS) is 1. The molecule has 0 aliphatic heterocycles. The van der Waals surface area contributed by atoms with Gasteiger partial charge in [0.05, 0.1) is 14.9 Å². The van der Waals surface area contributed by atoms with E-state index in [2.05, 4.69) is 47.3 Å². The van der Waals surface area contributed by atoms with Gasteiger partial charge < -0.3 is 10.2 Å². The summed E-state index contributed by atoms with van der Waals surface area (Å²) in [6, 6.07) is 10.3. The lowest BCUT2D eigenvalue weighted by Gasteiger charge is -2.09. The Bertz CT molecular complexity index is 773. The van der Waals surface area contributed by atoms with Crippen molar-refractivity contribution >= 4 is 97.5 Å². The van der Waals surface area contributed by atoms with Gasteiger partial charge in [0.1, 0.15) is 5.75 Å². The van der Waals surface area contributed by atoms with Gasteiger partial charge in [-0.05, 0) is 29.8 Å². The number of hydrogen-bond acceptors (Lipinski definition) is 3. The van der Waals surface area contributed by atoms with Crippen molar-refractivity contribution in [2.45, 2.75) is 9.79 Å². The first-order valence-electron chi connectivity index (χ1n) is 6.49. The second-order valence-corrected chi connectivity index (χ2v) is 12.5. The summed E-state index contributed by atoms with van der Waals surface area (Å²) in [5, 5.41) is 19.0. The Kier molecular flexibility index (Phi) is 10.6. The topological polar surface area (TPSA) is 57.5 Å². The largest absolute Gasteiger partial charge is 0.507 e. The van der Waals surface area contributed by atoms with Crippen LogP contribution in [0.4, 0.5) is 0 Å². The Hall–Kier alpha value is -0.115. The van der Waals surface area contributed by atoms with E-state index in [-0.39, 0.29) is 14.0 Å². The maximum atomic E-state index is 10.5. The van der Waals surface area contributed by atoms with E-state index in [0.29, 0.717) is 20.4 Å². The third-order valence-corrected chi connectivity index (χ3v) is 4.70. The highest BCUT2D eigenvalue weighted by Crippen LogP contribution is 2.41. The average molecular weight is 592 g/mol. The molecule has 0 saturated carbocycles. The van der Waals surface area contributed by atoms with E-state index in [0.717, 1.165) is 6.08 Å².